The Morgan fingerprint density at radius 1 is 1.50 bits per heavy atom. The summed E-state index contributed by atoms with van der Waals surface area (Å²) in [6.07, 6.45) is 2.29. The summed E-state index contributed by atoms with van der Waals surface area (Å²) in [6, 6.07) is 3.21. The molecule has 0 saturated heterocycles. The van der Waals surface area contributed by atoms with Gasteiger partial charge < -0.3 is 5.73 Å². The summed E-state index contributed by atoms with van der Waals surface area (Å²) in [6.45, 7) is 2.14. The van der Waals surface area contributed by atoms with E-state index in [1.165, 1.54) is 6.07 Å². The molecule has 14 heavy (non-hydrogen) atoms. The zero-order chi connectivity index (χ0) is 10.6. The van der Waals surface area contributed by atoms with Crippen molar-refractivity contribution in [1.29, 1.82) is 0 Å². The highest BCUT2D eigenvalue weighted by Crippen LogP contribution is 2.29. The normalized spacial score (nSPS) is 10.5. The molecule has 78 valence electrons. The van der Waals surface area contributed by atoms with Crippen molar-refractivity contribution in [3.63, 3.8) is 0 Å². The van der Waals surface area contributed by atoms with Crippen LogP contribution < -0.4 is 5.73 Å². The molecule has 0 aliphatic heterocycles. The summed E-state index contributed by atoms with van der Waals surface area (Å²) in [4.78, 5) is 0.858. The van der Waals surface area contributed by atoms with Crippen molar-refractivity contribution in [2.45, 2.75) is 24.7 Å². The summed E-state index contributed by atoms with van der Waals surface area (Å²) in [5.74, 6) is 0.819. The molecule has 2 N–H and O–H groups in total. The number of halogens is 2. The van der Waals surface area contributed by atoms with Crippen LogP contribution in [0.1, 0.15) is 19.8 Å². The lowest BCUT2D eigenvalue weighted by atomic mass is 10.3. The zero-order valence-corrected chi connectivity index (χ0v) is 11.0. The number of anilines is 1. The lowest BCUT2D eigenvalue weighted by molar-refractivity contribution is 0.617. The van der Waals surface area contributed by atoms with Gasteiger partial charge in [0, 0.05) is 10.6 Å². The third-order valence-corrected chi connectivity index (χ3v) is 3.79. The molecule has 1 aromatic rings. The van der Waals surface area contributed by atoms with Crippen LogP contribution in [0.5, 0.6) is 0 Å². The molecule has 0 atom stereocenters. The summed E-state index contributed by atoms with van der Waals surface area (Å²) in [5.41, 5.74) is 6.46. The van der Waals surface area contributed by atoms with Crippen LogP contribution in [0.2, 0.25) is 0 Å². The Balaban J connectivity index is 2.72. The van der Waals surface area contributed by atoms with E-state index in [9.17, 15) is 4.39 Å². The number of thioether (sulfide) groups is 1. The number of unbranched alkanes of at least 4 members (excludes halogenated alkanes) is 1. The first-order valence-electron chi connectivity index (χ1n) is 4.52. The van der Waals surface area contributed by atoms with Gasteiger partial charge in [-0.2, -0.15) is 0 Å². The van der Waals surface area contributed by atoms with Crippen molar-refractivity contribution in [2.75, 3.05) is 11.5 Å². The maximum absolute atomic E-state index is 13.2. The maximum Gasteiger partial charge on any atom is 0.137 e. The van der Waals surface area contributed by atoms with E-state index in [4.69, 9.17) is 5.73 Å². The average Bonchev–Trinajstić information content (AvgIpc) is 2.14. The molecule has 1 rings (SSSR count). The van der Waals surface area contributed by atoms with E-state index < -0.39 is 0 Å². The van der Waals surface area contributed by atoms with Crippen molar-refractivity contribution in [3.05, 3.63) is 21.5 Å². The topological polar surface area (TPSA) is 26.0 Å². The van der Waals surface area contributed by atoms with Crippen molar-refractivity contribution < 1.29 is 4.39 Å². The van der Waals surface area contributed by atoms with Crippen LogP contribution in [0.4, 0.5) is 10.1 Å². The van der Waals surface area contributed by atoms with Gasteiger partial charge in [0.15, 0.2) is 0 Å². The van der Waals surface area contributed by atoms with E-state index in [0.29, 0.717) is 9.26 Å². The predicted molar refractivity (Wildman–Crippen MR) is 69.2 cm³/mol. The van der Waals surface area contributed by atoms with E-state index in [-0.39, 0.29) is 5.82 Å². The molecule has 4 heteroatoms. The van der Waals surface area contributed by atoms with Gasteiger partial charge in [0.25, 0.3) is 0 Å². The van der Waals surface area contributed by atoms with Gasteiger partial charge in [0.2, 0.25) is 0 Å². The van der Waals surface area contributed by atoms with Crippen LogP contribution in [-0.2, 0) is 0 Å². The minimum atomic E-state index is -0.182. The second-order valence-electron chi connectivity index (χ2n) is 3.01. The number of nitrogen functional groups attached to an aromatic ring is 1. The molecule has 1 nitrogen and oxygen atoms in total. The van der Waals surface area contributed by atoms with Crippen molar-refractivity contribution >= 4 is 40.0 Å². The second kappa shape index (κ2) is 5.80. The number of hydrogen-bond acceptors (Lipinski definition) is 2. The van der Waals surface area contributed by atoms with Gasteiger partial charge in [0.1, 0.15) is 5.82 Å². The number of benzene rings is 1. The van der Waals surface area contributed by atoms with Crippen molar-refractivity contribution in [3.8, 4) is 0 Å². The second-order valence-corrected chi connectivity index (χ2v) is 5.31. The molecule has 0 heterocycles. The van der Waals surface area contributed by atoms with Gasteiger partial charge in [-0.15, -0.1) is 11.8 Å². The van der Waals surface area contributed by atoms with Gasteiger partial charge in [0.05, 0.1) is 3.57 Å². The Hall–Kier alpha value is 0.0300. The van der Waals surface area contributed by atoms with Gasteiger partial charge in [-0.25, -0.2) is 4.39 Å². The molecule has 0 bridgehead atoms. The van der Waals surface area contributed by atoms with Crippen LogP contribution in [0, 0.1) is 9.39 Å². The first-order chi connectivity index (χ1) is 6.65. The number of nitrogens with two attached hydrogens (primary N) is 1. The molecule has 0 radical (unpaired) electrons. The molecule has 0 saturated carbocycles. The smallest absolute Gasteiger partial charge is 0.137 e. The van der Waals surface area contributed by atoms with Crippen LogP contribution in [-0.4, -0.2) is 5.75 Å². The summed E-state index contributed by atoms with van der Waals surface area (Å²) in [7, 11) is 0. The maximum atomic E-state index is 13.2. The van der Waals surface area contributed by atoms with Crippen LogP contribution in [0.15, 0.2) is 17.0 Å². The van der Waals surface area contributed by atoms with Gasteiger partial charge in [-0.1, -0.05) is 13.3 Å². The highest BCUT2D eigenvalue weighted by Gasteiger charge is 2.05. The Kier molecular flexibility index (Phi) is 5.01. The SMILES string of the molecule is CCCCSc1cc(F)c(I)cc1N. The minimum Gasteiger partial charge on any atom is -0.398 e. The molecule has 0 aliphatic carbocycles. The van der Waals surface area contributed by atoms with Gasteiger partial charge in [-0.05, 0) is 46.9 Å². The third kappa shape index (κ3) is 3.31. The van der Waals surface area contributed by atoms with Crippen LogP contribution in [0.25, 0.3) is 0 Å². The first-order valence-corrected chi connectivity index (χ1v) is 6.59. The highest BCUT2D eigenvalue weighted by atomic mass is 127. The van der Waals surface area contributed by atoms with Gasteiger partial charge in [-0.3, -0.25) is 0 Å². The monoisotopic (exact) mass is 325 g/mol. The summed E-state index contributed by atoms with van der Waals surface area (Å²) in [5, 5.41) is 0. The van der Waals surface area contributed by atoms with E-state index in [1.807, 2.05) is 22.6 Å². The third-order valence-electron chi connectivity index (χ3n) is 1.81. The minimum absolute atomic E-state index is 0.182. The average molecular weight is 325 g/mol. The molecule has 0 unspecified atom stereocenters. The molecular weight excluding hydrogens is 312 g/mol. The number of hydrogen-bond donors (Lipinski definition) is 1. The Morgan fingerprint density at radius 3 is 2.86 bits per heavy atom. The highest BCUT2D eigenvalue weighted by molar-refractivity contribution is 14.1. The molecule has 0 aliphatic rings. The summed E-state index contributed by atoms with van der Waals surface area (Å²) < 4.78 is 13.8. The van der Waals surface area contributed by atoms with Crippen LogP contribution in [0.3, 0.4) is 0 Å². The van der Waals surface area contributed by atoms with E-state index >= 15 is 0 Å². The zero-order valence-electron chi connectivity index (χ0n) is 8.02. The van der Waals surface area contributed by atoms with Crippen LogP contribution >= 0.6 is 34.4 Å². The molecule has 0 spiro atoms. The Bertz CT molecular complexity index is 317. The van der Waals surface area contributed by atoms with Gasteiger partial charge >= 0.3 is 0 Å². The molecule has 0 aromatic heterocycles. The largest absolute Gasteiger partial charge is 0.398 e. The Morgan fingerprint density at radius 2 is 2.21 bits per heavy atom. The van der Waals surface area contributed by atoms with E-state index in [2.05, 4.69) is 6.92 Å². The fourth-order valence-corrected chi connectivity index (χ4v) is 2.55. The quantitative estimate of drug-likeness (QED) is 0.393. The van der Waals surface area contributed by atoms with E-state index in [1.54, 1.807) is 17.8 Å². The molecule has 0 amide bonds. The van der Waals surface area contributed by atoms with E-state index in [0.717, 1.165) is 23.5 Å². The fourth-order valence-electron chi connectivity index (χ4n) is 0.995. The molecule has 0 fully saturated rings. The fraction of sp³-hybridized carbons (Fsp3) is 0.400. The lowest BCUT2D eigenvalue weighted by Crippen LogP contribution is -1.93. The number of rotatable bonds is 4. The van der Waals surface area contributed by atoms with Crippen molar-refractivity contribution in [1.82, 2.24) is 0 Å². The predicted octanol–water partition coefficient (Wildman–Crippen LogP) is 3.90. The standard InChI is InChI=1S/C10H13FINS/c1-2-3-4-14-10-5-7(11)8(12)6-9(10)13/h5-6H,2-4,13H2,1H3. The molecule has 1 aromatic carbocycles. The molecular formula is C10H13FINS. The first kappa shape index (κ1) is 12.1. The van der Waals surface area contributed by atoms with Crippen molar-refractivity contribution in [2.24, 2.45) is 0 Å². The lowest BCUT2D eigenvalue weighted by Gasteiger charge is -2.06. The Labute approximate surface area is 102 Å². The summed E-state index contributed by atoms with van der Waals surface area (Å²) >= 11 is 3.57.